The van der Waals surface area contributed by atoms with Crippen molar-refractivity contribution in [2.24, 2.45) is 0 Å². The van der Waals surface area contributed by atoms with Crippen molar-refractivity contribution in [1.82, 2.24) is 0 Å². The second-order valence-electron chi connectivity index (χ2n) is 4.49. The van der Waals surface area contributed by atoms with E-state index in [0.29, 0.717) is 11.3 Å². The van der Waals surface area contributed by atoms with Crippen molar-refractivity contribution in [2.75, 3.05) is 5.73 Å². The molecule has 0 fully saturated rings. The number of nitrogens with two attached hydrogens (primary N) is 1. The van der Waals surface area contributed by atoms with E-state index in [2.05, 4.69) is 0 Å². The van der Waals surface area contributed by atoms with E-state index in [1.54, 1.807) is 12.1 Å². The number of hydrogen-bond acceptors (Lipinski definition) is 3. The number of nitrogen functional groups attached to an aromatic ring is 1. The fourth-order valence-corrected chi connectivity index (χ4v) is 1.87. The van der Waals surface area contributed by atoms with E-state index >= 15 is 0 Å². The number of carbonyl (C=O) groups excluding carboxylic acids is 1. The molecular formula is C16H17NO2. The van der Waals surface area contributed by atoms with Crippen LogP contribution < -0.4 is 5.73 Å². The molecule has 2 N–H and O–H groups in total. The van der Waals surface area contributed by atoms with Gasteiger partial charge in [0, 0.05) is 5.69 Å². The molecule has 0 spiro atoms. The van der Waals surface area contributed by atoms with Gasteiger partial charge in [0.25, 0.3) is 0 Å². The van der Waals surface area contributed by atoms with Crippen LogP contribution in [-0.4, -0.2) is 5.97 Å². The summed E-state index contributed by atoms with van der Waals surface area (Å²) in [4.78, 5) is 12.1. The first-order valence-corrected chi connectivity index (χ1v) is 6.20. The predicted octanol–water partition coefficient (Wildman–Crippen LogP) is 3.50. The summed E-state index contributed by atoms with van der Waals surface area (Å²) in [6, 6.07) is 15.0. The highest BCUT2D eigenvalue weighted by Crippen LogP contribution is 2.22. The first-order chi connectivity index (χ1) is 9.09. The van der Waals surface area contributed by atoms with Crippen molar-refractivity contribution in [3.63, 3.8) is 0 Å². The van der Waals surface area contributed by atoms with Gasteiger partial charge in [0.15, 0.2) is 0 Å². The molecule has 0 aliphatic carbocycles. The van der Waals surface area contributed by atoms with Crippen LogP contribution >= 0.6 is 0 Å². The lowest BCUT2D eigenvalue weighted by Crippen LogP contribution is -2.11. The molecule has 3 heteroatoms. The van der Waals surface area contributed by atoms with E-state index in [4.69, 9.17) is 10.5 Å². The highest BCUT2D eigenvalue weighted by molar-refractivity contribution is 5.95. The van der Waals surface area contributed by atoms with Crippen LogP contribution in [0.15, 0.2) is 48.5 Å². The number of benzene rings is 2. The van der Waals surface area contributed by atoms with Crippen LogP contribution in [0.5, 0.6) is 0 Å². The fourth-order valence-electron chi connectivity index (χ4n) is 1.87. The standard InChI is InChI=1S/C16H17NO2/c1-11-7-6-10-14(15(11)17)16(18)19-12(2)13-8-4-3-5-9-13/h3-10,12H,17H2,1-2H3. The van der Waals surface area contributed by atoms with Crippen molar-refractivity contribution in [1.29, 1.82) is 0 Å². The molecule has 2 aromatic rings. The first-order valence-electron chi connectivity index (χ1n) is 6.20. The minimum atomic E-state index is -0.391. The molecular weight excluding hydrogens is 238 g/mol. The van der Waals surface area contributed by atoms with Crippen LogP contribution in [0.25, 0.3) is 0 Å². The zero-order chi connectivity index (χ0) is 13.8. The smallest absolute Gasteiger partial charge is 0.340 e. The summed E-state index contributed by atoms with van der Waals surface area (Å²) in [6.45, 7) is 3.71. The number of ether oxygens (including phenoxy) is 1. The molecule has 0 aliphatic rings. The topological polar surface area (TPSA) is 52.3 Å². The van der Waals surface area contributed by atoms with Crippen LogP contribution in [0.2, 0.25) is 0 Å². The number of para-hydroxylation sites is 1. The molecule has 2 aromatic carbocycles. The van der Waals surface area contributed by atoms with Gasteiger partial charge in [0.1, 0.15) is 6.10 Å². The lowest BCUT2D eigenvalue weighted by molar-refractivity contribution is 0.0339. The summed E-state index contributed by atoms with van der Waals surface area (Å²) in [6.07, 6.45) is -0.298. The van der Waals surface area contributed by atoms with E-state index in [-0.39, 0.29) is 6.10 Å². The average molecular weight is 255 g/mol. The number of esters is 1. The zero-order valence-electron chi connectivity index (χ0n) is 11.1. The summed E-state index contributed by atoms with van der Waals surface area (Å²) in [5.41, 5.74) is 8.63. The summed E-state index contributed by atoms with van der Waals surface area (Å²) < 4.78 is 5.44. The van der Waals surface area contributed by atoms with E-state index in [9.17, 15) is 4.79 Å². The monoisotopic (exact) mass is 255 g/mol. The predicted molar refractivity (Wildman–Crippen MR) is 75.9 cm³/mol. The Morgan fingerprint density at radius 3 is 2.47 bits per heavy atom. The van der Waals surface area contributed by atoms with Gasteiger partial charge in [-0.1, -0.05) is 42.5 Å². The highest BCUT2D eigenvalue weighted by atomic mass is 16.5. The van der Waals surface area contributed by atoms with Gasteiger partial charge in [0.2, 0.25) is 0 Å². The summed E-state index contributed by atoms with van der Waals surface area (Å²) in [5.74, 6) is -0.391. The van der Waals surface area contributed by atoms with Gasteiger partial charge in [-0.3, -0.25) is 0 Å². The van der Waals surface area contributed by atoms with Gasteiger partial charge in [-0.2, -0.15) is 0 Å². The van der Waals surface area contributed by atoms with Crippen molar-refractivity contribution in [3.05, 3.63) is 65.2 Å². The molecule has 0 heterocycles. The van der Waals surface area contributed by atoms with Gasteiger partial charge >= 0.3 is 5.97 Å². The van der Waals surface area contributed by atoms with Gasteiger partial charge in [0.05, 0.1) is 5.56 Å². The maximum Gasteiger partial charge on any atom is 0.340 e. The van der Waals surface area contributed by atoms with Crippen molar-refractivity contribution >= 4 is 11.7 Å². The molecule has 0 saturated carbocycles. The van der Waals surface area contributed by atoms with Crippen LogP contribution in [0.1, 0.15) is 34.5 Å². The Morgan fingerprint density at radius 1 is 1.11 bits per heavy atom. The molecule has 3 nitrogen and oxygen atoms in total. The van der Waals surface area contributed by atoms with Gasteiger partial charge in [-0.05, 0) is 31.0 Å². The Labute approximate surface area is 113 Å². The van der Waals surface area contributed by atoms with Gasteiger partial charge in [-0.25, -0.2) is 4.79 Å². The Bertz CT molecular complexity index is 579. The Morgan fingerprint density at radius 2 is 1.79 bits per heavy atom. The van der Waals surface area contributed by atoms with Crippen molar-refractivity contribution < 1.29 is 9.53 Å². The molecule has 1 atom stereocenters. The quantitative estimate of drug-likeness (QED) is 0.674. The Kier molecular flexibility index (Phi) is 3.85. The second-order valence-corrected chi connectivity index (χ2v) is 4.49. The lowest BCUT2D eigenvalue weighted by Gasteiger charge is -2.15. The molecule has 0 amide bonds. The van der Waals surface area contributed by atoms with Crippen LogP contribution in [0.4, 0.5) is 5.69 Å². The third-order valence-electron chi connectivity index (χ3n) is 3.10. The van der Waals surface area contributed by atoms with Crippen molar-refractivity contribution in [3.8, 4) is 0 Å². The number of anilines is 1. The third-order valence-corrected chi connectivity index (χ3v) is 3.10. The maximum atomic E-state index is 12.1. The van der Waals surface area contributed by atoms with Crippen molar-refractivity contribution in [2.45, 2.75) is 20.0 Å². The van der Waals surface area contributed by atoms with E-state index in [1.165, 1.54) is 0 Å². The Hall–Kier alpha value is -2.29. The fraction of sp³-hybridized carbons (Fsp3) is 0.188. The van der Waals surface area contributed by atoms with Crippen LogP contribution in [-0.2, 0) is 4.74 Å². The number of carbonyl (C=O) groups is 1. The van der Waals surface area contributed by atoms with E-state index in [1.807, 2.05) is 50.2 Å². The summed E-state index contributed by atoms with van der Waals surface area (Å²) in [5, 5.41) is 0. The second kappa shape index (κ2) is 5.57. The molecule has 19 heavy (non-hydrogen) atoms. The molecule has 0 radical (unpaired) electrons. The largest absolute Gasteiger partial charge is 0.454 e. The minimum Gasteiger partial charge on any atom is -0.454 e. The summed E-state index contributed by atoms with van der Waals surface area (Å²) in [7, 11) is 0. The highest BCUT2D eigenvalue weighted by Gasteiger charge is 2.16. The summed E-state index contributed by atoms with van der Waals surface area (Å²) >= 11 is 0. The molecule has 0 aliphatic heterocycles. The van der Waals surface area contributed by atoms with Crippen LogP contribution in [0, 0.1) is 6.92 Å². The SMILES string of the molecule is Cc1cccc(C(=O)OC(C)c2ccccc2)c1N. The molecule has 2 rings (SSSR count). The van der Waals surface area contributed by atoms with E-state index in [0.717, 1.165) is 11.1 Å². The molecule has 98 valence electrons. The lowest BCUT2D eigenvalue weighted by atomic mass is 10.1. The van der Waals surface area contributed by atoms with E-state index < -0.39 is 5.97 Å². The zero-order valence-corrected chi connectivity index (χ0v) is 11.1. The molecule has 1 unspecified atom stereocenters. The number of aryl methyl sites for hydroxylation is 1. The molecule has 0 aromatic heterocycles. The first kappa shape index (κ1) is 13.1. The third kappa shape index (κ3) is 2.94. The number of rotatable bonds is 3. The Balaban J connectivity index is 2.16. The molecule has 0 saturated heterocycles. The van der Waals surface area contributed by atoms with Gasteiger partial charge < -0.3 is 10.5 Å². The average Bonchev–Trinajstić information content (AvgIpc) is 2.42. The van der Waals surface area contributed by atoms with Crippen LogP contribution in [0.3, 0.4) is 0 Å². The van der Waals surface area contributed by atoms with Gasteiger partial charge in [-0.15, -0.1) is 0 Å². The molecule has 0 bridgehead atoms. The number of hydrogen-bond donors (Lipinski definition) is 1. The minimum absolute atomic E-state index is 0.298. The normalized spacial score (nSPS) is 11.9. The maximum absolute atomic E-state index is 12.1.